The lowest BCUT2D eigenvalue weighted by Gasteiger charge is -2.27. The van der Waals surface area contributed by atoms with Crippen molar-refractivity contribution in [2.45, 2.75) is 39.2 Å². The fourth-order valence-electron chi connectivity index (χ4n) is 1.88. The van der Waals surface area contributed by atoms with Gasteiger partial charge in [0.1, 0.15) is 0 Å². The van der Waals surface area contributed by atoms with Crippen LogP contribution < -0.4 is 5.32 Å². The monoisotopic (exact) mass is 185 g/mol. The lowest BCUT2D eigenvalue weighted by molar-refractivity contribution is -0.144. The number of hydrogen-bond acceptors (Lipinski definition) is 3. The molecule has 0 aromatic rings. The summed E-state index contributed by atoms with van der Waals surface area (Å²) in [5.41, 5.74) is 0. The number of rotatable bonds is 3. The number of hydrogen-bond donors (Lipinski definition) is 1. The van der Waals surface area contributed by atoms with Crippen molar-refractivity contribution < 1.29 is 9.53 Å². The third-order valence-corrected chi connectivity index (χ3v) is 2.49. The van der Waals surface area contributed by atoms with Gasteiger partial charge < -0.3 is 10.1 Å². The lowest BCUT2D eigenvalue weighted by Crippen LogP contribution is -2.36. The van der Waals surface area contributed by atoms with Crippen LogP contribution in [0.15, 0.2) is 0 Å². The highest BCUT2D eigenvalue weighted by atomic mass is 16.5. The van der Waals surface area contributed by atoms with E-state index in [1.807, 2.05) is 6.92 Å². The van der Waals surface area contributed by atoms with E-state index in [2.05, 4.69) is 12.2 Å². The molecule has 3 heteroatoms. The molecule has 0 amide bonds. The molecule has 0 radical (unpaired) electrons. The van der Waals surface area contributed by atoms with Gasteiger partial charge in [-0.2, -0.15) is 0 Å². The standard InChI is InChI=1S/C10H19NO2/c1-3-13-10(12)7-9-4-5-11-8(2)6-9/h8-9,11H,3-7H2,1-2H3/t8-,9?/m1/s1. The van der Waals surface area contributed by atoms with E-state index in [9.17, 15) is 4.79 Å². The molecule has 1 rings (SSSR count). The fourth-order valence-corrected chi connectivity index (χ4v) is 1.88. The zero-order valence-corrected chi connectivity index (χ0v) is 8.51. The lowest BCUT2D eigenvalue weighted by atomic mass is 9.90. The van der Waals surface area contributed by atoms with Gasteiger partial charge in [0.05, 0.1) is 6.61 Å². The van der Waals surface area contributed by atoms with E-state index in [1.54, 1.807) is 0 Å². The summed E-state index contributed by atoms with van der Waals surface area (Å²) < 4.78 is 4.92. The minimum atomic E-state index is -0.0402. The first kappa shape index (κ1) is 10.5. The number of nitrogens with one attached hydrogen (secondary N) is 1. The predicted molar refractivity (Wildman–Crippen MR) is 51.4 cm³/mol. The normalized spacial score (nSPS) is 28.5. The van der Waals surface area contributed by atoms with E-state index >= 15 is 0 Å². The molecule has 1 unspecified atom stereocenters. The Morgan fingerprint density at radius 2 is 2.38 bits per heavy atom. The second kappa shape index (κ2) is 5.22. The maximum absolute atomic E-state index is 11.2. The molecule has 0 bridgehead atoms. The van der Waals surface area contributed by atoms with E-state index in [4.69, 9.17) is 4.74 Å². The molecule has 0 aromatic heterocycles. The van der Waals surface area contributed by atoms with Gasteiger partial charge in [-0.05, 0) is 39.2 Å². The van der Waals surface area contributed by atoms with Crippen LogP contribution in [0, 0.1) is 5.92 Å². The highest BCUT2D eigenvalue weighted by Gasteiger charge is 2.21. The first-order valence-corrected chi connectivity index (χ1v) is 5.11. The first-order chi connectivity index (χ1) is 6.22. The Labute approximate surface area is 79.8 Å². The smallest absolute Gasteiger partial charge is 0.306 e. The highest BCUT2D eigenvalue weighted by molar-refractivity contribution is 5.69. The molecule has 1 heterocycles. The number of carbonyl (C=O) groups excluding carboxylic acids is 1. The molecule has 1 saturated heterocycles. The van der Waals surface area contributed by atoms with Gasteiger partial charge in [0.25, 0.3) is 0 Å². The van der Waals surface area contributed by atoms with Crippen molar-refractivity contribution in [2.75, 3.05) is 13.2 Å². The number of ether oxygens (including phenoxy) is 1. The zero-order valence-electron chi connectivity index (χ0n) is 8.51. The summed E-state index contributed by atoms with van der Waals surface area (Å²) in [4.78, 5) is 11.2. The first-order valence-electron chi connectivity index (χ1n) is 5.11. The highest BCUT2D eigenvalue weighted by Crippen LogP contribution is 2.19. The van der Waals surface area contributed by atoms with Gasteiger partial charge in [-0.25, -0.2) is 0 Å². The van der Waals surface area contributed by atoms with Crippen LogP contribution in [0.5, 0.6) is 0 Å². The Balaban J connectivity index is 2.23. The average Bonchev–Trinajstić information content (AvgIpc) is 2.04. The molecule has 0 aliphatic carbocycles. The van der Waals surface area contributed by atoms with Gasteiger partial charge in [-0.1, -0.05) is 0 Å². The van der Waals surface area contributed by atoms with Crippen LogP contribution in [0.4, 0.5) is 0 Å². The summed E-state index contributed by atoms with van der Waals surface area (Å²) in [5.74, 6) is 0.483. The number of piperidine rings is 1. The number of esters is 1. The van der Waals surface area contributed by atoms with Gasteiger partial charge in [-0.3, -0.25) is 4.79 Å². The van der Waals surface area contributed by atoms with Gasteiger partial charge in [0.2, 0.25) is 0 Å². The molecule has 1 aliphatic rings. The summed E-state index contributed by atoms with van der Waals surface area (Å²) in [6.45, 7) is 5.55. The minimum Gasteiger partial charge on any atom is -0.466 e. The van der Waals surface area contributed by atoms with Gasteiger partial charge in [0, 0.05) is 12.5 Å². The van der Waals surface area contributed by atoms with Crippen LogP contribution in [0.1, 0.15) is 33.1 Å². The van der Waals surface area contributed by atoms with Crippen LogP contribution in [-0.2, 0) is 9.53 Å². The van der Waals surface area contributed by atoms with E-state index < -0.39 is 0 Å². The fraction of sp³-hybridized carbons (Fsp3) is 0.900. The van der Waals surface area contributed by atoms with Crippen LogP contribution in [0.3, 0.4) is 0 Å². The number of carbonyl (C=O) groups is 1. The Hall–Kier alpha value is -0.570. The molecule has 1 N–H and O–H groups in total. The van der Waals surface area contributed by atoms with Crippen molar-refractivity contribution in [3.63, 3.8) is 0 Å². The van der Waals surface area contributed by atoms with Crippen LogP contribution >= 0.6 is 0 Å². The SMILES string of the molecule is CCOC(=O)CC1CCN[C@H](C)C1. The second-order valence-electron chi connectivity index (χ2n) is 3.75. The summed E-state index contributed by atoms with van der Waals surface area (Å²) in [6.07, 6.45) is 2.79. The van der Waals surface area contributed by atoms with E-state index in [0.29, 0.717) is 25.0 Å². The van der Waals surface area contributed by atoms with Crippen molar-refractivity contribution in [3.05, 3.63) is 0 Å². The Morgan fingerprint density at radius 3 is 3.00 bits per heavy atom. The summed E-state index contributed by atoms with van der Waals surface area (Å²) in [6, 6.07) is 0.549. The van der Waals surface area contributed by atoms with E-state index in [0.717, 1.165) is 19.4 Å². The Morgan fingerprint density at radius 1 is 1.62 bits per heavy atom. The minimum absolute atomic E-state index is 0.0402. The Kier molecular flexibility index (Phi) is 4.22. The van der Waals surface area contributed by atoms with Crippen LogP contribution in [0.2, 0.25) is 0 Å². The zero-order chi connectivity index (χ0) is 9.68. The van der Waals surface area contributed by atoms with Gasteiger partial charge in [-0.15, -0.1) is 0 Å². The maximum atomic E-state index is 11.2. The van der Waals surface area contributed by atoms with Crippen LogP contribution in [-0.4, -0.2) is 25.2 Å². The third-order valence-electron chi connectivity index (χ3n) is 2.49. The van der Waals surface area contributed by atoms with E-state index in [1.165, 1.54) is 0 Å². The van der Waals surface area contributed by atoms with Crippen LogP contribution in [0.25, 0.3) is 0 Å². The summed E-state index contributed by atoms with van der Waals surface area (Å²) in [7, 11) is 0. The molecule has 3 nitrogen and oxygen atoms in total. The molecule has 0 saturated carbocycles. The molecule has 1 aliphatic heterocycles. The van der Waals surface area contributed by atoms with Crippen molar-refractivity contribution >= 4 is 5.97 Å². The summed E-state index contributed by atoms with van der Waals surface area (Å²) >= 11 is 0. The molecule has 0 spiro atoms. The summed E-state index contributed by atoms with van der Waals surface area (Å²) in [5, 5.41) is 3.37. The topological polar surface area (TPSA) is 38.3 Å². The van der Waals surface area contributed by atoms with Crippen molar-refractivity contribution in [1.29, 1.82) is 0 Å². The van der Waals surface area contributed by atoms with E-state index in [-0.39, 0.29) is 5.97 Å². The average molecular weight is 185 g/mol. The molecular weight excluding hydrogens is 166 g/mol. The molecular formula is C10H19NO2. The van der Waals surface area contributed by atoms with Crippen molar-refractivity contribution in [1.82, 2.24) is 5.32 Å². The van der Waals surface area contributed by atoms with Crippen molar-refractivity contribution in [3.8, 4) is 0 Å². The molecule has 76 valence electrons. The quantitative estimate of drug-likeness (QED) is 0.674. The van der Waals surface area contributed by atoms with Gasteiger partial charge >= 0.3 is 5.97 Å². The largest absolute Gasteiger partial charge is 0.466 e. The second-order valence-corrected chi connectivity index (χ2v) is 3.75. The molecule has 2 atom stereocenters. The van der Waals surface area contributed by atoms with Crippen molar-refractivity contribution in [2.24, 2.45) is 5.92 Å². The molecule has 0 aromatic carbocycles. The molecule has 1 fully saturated rings. The Bertz CT molecular complexity index is 170. The maximum Gasteiger partial charge on any atom is 0.306 e. The molecule has 13 heavy (non-hydrogen) atoms. The van der Waals surface area contributed by atoms with Gasteiger partial charge in [0.15, 0.2) is 0 Å². The predicted octanol–water partition coefficient (Wildman–Crippen LogP) is 1.33. The third kappa shape index (κ3) is 3.77.